The number of hydrogen-bond acceptors (Lipinski definition) is 2. The zero-order chi connectivity index (χ0) is 14.7. The van der Waals surface area contributed by atoms with Gasteiger partial charge >= 0.3 is 0 Å². The minimum atomic E-state index is 0.718. The molecule has 2 fully saturated rings. The molecule has 0 spiro atoms. The van der Waals surface area contributed by atoms with Crippen molar-refractivity contribution in [3.05, 3.63) is 29.8 Å². The lowest BCUT2D eigenvalue weighted by molar-refractivity contribution is 0.241. The van der Waals surface area contributed by atoms with Crippen molar-refractivity contribution < 1.29 is 4.74 Å². The molecule has 3 atom stereocenters. The average molecular weight is 287 g/mol. The molecule has 1 N–H and O–H groups in total. The fourth-order valence-electron chi connectivity index (χ4n) is 3.68. The fraction of sp³-hybridized carbons (Fsp3) is 0.684. The molecule has 116 valence electrons. The standard InChI is InChI=1S/C19H29NO/c1-3-21-18-10-6-15(7-11-18)19-12-14(2)4-5-16(19)13-20-17-8-9-17/h6-7,10-11,14,16-17,19-20H,3-5,8-9,12-13H2,1-2H3. The van der Waals surface area contributed by atoms with Gasteiger partial charge in [-0.25, -0.2) is 0 Å². The Bertz CT molecular complexity index is 437. The van der Waals surface area contributed by atoms with E-state index in [0.717, 1.165) is 36.2 Å². The van der Waals surface area contributed by atoms with E-state index < -0.39 is 0 Å². The van der Waals surface area contributed by atoms with E-state index in [1.165, 1.54) is 44.2 Å². The van der Waals surface area contributed by atoms with Crippen LogP contribution < -0.4 is 10.1 Å². The molecule has 2 nitrogen and oxygen atoms in total. The molecule has 0 amide bonds. The molecular formula is C19H29NO. The highest BCUT2D eigenvalue weighted by Crippen LogP contribution is 2.41. The van der Waals surface area contributed by atoms with Gasteiger partial charge in [0.05, 0.1) is 6.61 Å². The Balaban J connectivity index is 1.67. The lowest BCUT2D eigenvalue weighted by atomic mass is 9.71. The second-order valence-electron chi connectivity index (χ2n) is 6.97. The molecule has 21 heavy (non-hydrogen) atoms. The van der Waals surface area contributed by atoms with Crippen LogP contribution in [0.4, 0.5) is 0 Å². The first-order chi connectivity index (χ1) is 10.3. The quantitative estimate of drug-likeness (QED) is 0.839. The molecule has 1 aromatic carbocycles. The van der Waals surface area contributed by atoms with Crippen LogP contribution in [-0.4, -0.2) is 19.2 Å². The second kappa shape index (κ2) is 6.83. The highest BCUT2D eigenvalue weighted by atomic mass is 16.5. The predicted octanol–water partition coefficient (Wildman–Crippen LogP) is 4.36. The summed E-state index contributed by atoms with van der Waals surface area (Å²) in [5, 5.41) is 3.75. The number of benzene rings is 1. The van der Waals surface area contributed by atoms with Gasteiger partial charge in [0.1, 0.15) is 5.75 Å². The fourth-order valence-corrected chi connectivity index (χ4v) is 3.68. The Labute approximate surface area is 129 Å². The number of rotatable bonds is 6. The van der Waals surface area contributed by atoms with Gasteiger partial charge in [-0.15, -0.1) is 0 Å². The summed E-state index contributed by atoms with van der Waals surface area (Å²) in [6.07, 6.45) is 6.88. The molecule has 3 rings (SSSR count). The van der Waals surface area contributed by atoms with E-state index in [1.807, 2.05) is 6.92 Å². The normalized spacial score (nSPS) is 29.3. The molecule has 2 aliphatic carbocycles. The minimum absolute atomic E-state index is 0.718. The van der Waals surface area contributed by atoms with E-state index >= 15 is 0 Å². The van der Waals surface area contributed by atoms with Crippen LogP contribution in [0.25, 0.3) is 0 Å². The van der Waals surface area contributed by atoms with Crippen molar-refractivity contribution >= 4 is 0 Å². The van der Waals surface area contributed by atoms with Gasteiger partial charge < -0.3 is 10.1 Å². The third kappa shape index (κ3) is 4.00. The van der Waals surface area contributed by atoms with Crippen molar-refractivity contribution in [3.63, 3.8) is 0 Å². The average Bonchev–Trinajstić information content (AvgIpc) is 3.31. The van der Waals surface area contributed by atoms with Crippen molar-refractivity contribution in [2.24, 2.45) is 11.8 Å². The molecule has 2 saturated carbocycles. The largest absolute Gasteiger partial charge is 0.494 e. The highest BCUT2D eigenvalue weighted by Gasteiger charge is 2.31. The zero-order valence-electron chi connectivity index (χ0n) is 13.5. The van der Waals surface area contributed by atoms with Gasteiger partial charge in [-0.1, -0.05) is 25.5 Å². The Morgan fingerprint density at radius 1 is 1.10 bits per heavy atom. The van der Waals surface area contributed by atoms with Gasteiger partial charge in [-0.2, -0.15) is 0 Å². The smallest absolute Gasteiger partial charge is 0.119 e. The topological polar surface area (TPSA) is 21.3 Å². The lowest BCUT2D eigenvalue weighted by Gasteiger charge is -2.35. The molecule has 0 radical (unpaired) electrons. The zero-order valence-corrected chi connectivity index (χ0v) is 13.5. The van der Waals surface area contributed by atoms with Crippen molar-refractivity contribution in [3.8, 4) is 5.75 Å². The van der Waals surface area contributed by atoms with Crippen LogP contribution in [-0.2, 0) is 0 Å². The van der Waals surface area contributed by atoms with Crippen molar-refractivity contribution in [1.82, 2.24) is 5.32 Å². The van der Waals surface area contributed by atoms with Crippen LogP contribution in [0.3, 0.4) is 0 Å². The molecule has 0 aromatic heterocycles. The molecule has 2 heteroatoms. The predicted molar refractivity (Wildman–Crippen MR) is 87.9 cm³/mol. The molecule has 0 saturated heterocycles. The van der Waals surface area contributed by atoms with Crippen LogP contribution in [0.15, 0.2) is 24.3 Å². The molecule has 1 aromatic rings. The van der Waals surface area contributed by atoms with Crippen molar-refractivity contribution in [2.45, 2.75) is 57.9 Å². The summed E-state index contributed by atoms with van der Waals surface area (Å²) in [5.41, 5.74) is 1.51. The summed E-state index contributed by atoms with van der Waals surface area (Å²) >= 11 is 0. The van der Waals surface area contributed by atoms with E-state index in [0.29, 0.717) is 0 Å². The van der Waals surface area contributed by atoms with Gasteiger partial charge in [-0.3, -0.25) is 0 Å². The van der Waals surface area contributed by atoms with Crippen LogP contribution in [0, 0.1) is 11.8 Å². The summed E-state index contributed by atoms with van der Waals surface area (Å²) < 4.78 is 5.57. The van der Waals surface area contributed by atoms with Gasteiger partial charge in [0.25, 0.3) is 0 Å². The monoisotopic (exact) mass is 287 g/mol. The van der Waals surface area contributed by atoms with Gasteiger partial charge in [0, 0.05) is 6.04 Å². The number of nitrogens with one attached hydrogen (secondary N) is 1. The maximum absolute atomic E-state index is 5.57. The van der Waals surface area contributed by atoms with Crippen LogP contribution in [0.2, 0.25) is 0 Å². The summed E-state index contributed by atoms with van der Waals surface area (Å²) in [4.78, 5) is 0. The molecular weight excluding hydrogens is 258 g/mol. The van der Waals surface area contributed by atoms with Gasteiger partial charge in [0.2, 0.25) is 0 Å². The number of hydrogen-bond donors (Lipinski definition) is 1. The Morgan fingerprint density at radius 2 is 1.86 bits per heavy atom. The van der Waals surface area contributed by atoms with E-state index in [4.69, 9.17) is 4.74 Å². The van der Waals surface area contributed by atoms with Crippen molar-refractivity contribution in [2.75, 3.05) is 13.2 Å². The number of ether oxygens (including phenoxy) is 1. The van der Waals surface area contributed by atoms with Gasteiger partial charge in [0.15, 0.2) is 0 Å². The van der Waals surface area contributed by atoms with Crippen LogP contribution >= 0.6 is 0 Å². The first kappa shape index (κ1) is 14.9. The molecule has 2 aliphatic rings. The third-order valence-electron chi connectivity index (χ3n) is 5.12. The first-order valence-corrected chi connectivity index (χ1v) is 8.72. The summed E-state index contributed by atoms with van der Waals surface area (Å²) in [7, 11) is 0. The van der Waals surface area contributed by atoms with E-state index in [2.05, 4.69) is 36.5 Å². The van der Waals surface area contributed by atoms with Gasteiger partial charge in [-0.05, 0) is 74.6 Å². The maximum atomic E-state index is 5.57. The molecule has 3 unspecified atom stereocenters. The Kier molecular flexibility index (Phi) is 4.84. The first-order valence-electron chi connectivity index (χ1n) is 8.72. The summed E-state index contributed by atoms with van der Waals surface area (Å²) in [6, 6.07) is 9.69. The second-order valence-corrected chi connectivity index (χ2v) is 6.97. The Hall–Kier alpha value is -1.02. The highest BCUT2D eigenvalue weighted by molar-refractivity contribution is 5.30. The summed E-state index contributed by atoms with van der Waals surface area (Å²) in [5.74, 6) is 3.38. The SMILES string of the molecule is CCOc1ccc(C2CC(C)CCC2CNC2CC2)cc1. The van der Waals surface area contributed by atoms with Crippen molar-refractivity contribution in [1.29, 1.82) is 0 Å². The Morgan fingerprint density at radius 3 is 2.52 bits per heavy atom. The molecule has 0 heterocycles. The van der Waals surface area contributed by atoms with Crippen LogP contribution in [0.5, 0.6) is 5.75 Å². The van der Waals surface area contributed by atoms with E-state index in [-0.39, 0.29) is 0 Å². The van der Waals surface area contributed by atoms with E-state index in [1.54, 1.807) is 0 Å². The minimum Gasteiger partial charge on any atom is -0.494 e. The molecule has 0 aliphatic heterocycles. The molecule has 0 bridgehead atoms. The van der Waals surface area contributed by atoms with E-state index in [9.17, 15) is 0 Å². The maximum Gasteiger partial charge on any atom is 0.119 e. The van der Waals surface area contributed by atoms with Crippen LogP contribution in [0.1, 0.15) is 57.4 Å². The summed E-state index contributed by atoms with van der Waals surface area (Å²) in [6.45, 7) is 6.39. The lowest BCUT2D eigenvalue weighted by Crippen LogP contribution is -2.32. The third-order valence-corrected chi connectivity index (χ3v) is 5.12.